The van der Waals surface area contributed by atoms with Crippen molar-refractivity contribution in [2.75, 3.05) is 11.9 Å². The Bertz CT molecular complexity index is 1370. The molecular formula is C29H23Cl2NO4. The maximum Gasteiger partial charge on any atom is 0.255 e. The summed E-state index contributed by atoms with van der Waals surface area (Å²) in [5.74, 6) is 0.642. The van der Waals surface area contributed by atoms with Crippen molar-refractivity contribution in [2.45, 2.75) is 13.5 Å². The van der Waals surface area contributed by atoms with E-state index in [1.807, 2.05) is 13.0 Å². The van der Waals surface area contributed by atoms with Gasteiger partial charge < -0.3 is 14.8 Å². The molecule has 0 bridgehead atoms. The lowest BCUT2D eigenvalue weighted by atomic mass is 10.0. The minimum Gasteiger partial charge on any atom is -0.493 e. The smallest absolute Gasteiger partial charge is 0.255 e. The van der Waals surface area contributed by atoms with Crippen molar-refractivity contribution in [1.29, 1.82) is 0 Å². The number of amides is 1. The number of ketones is 1. The van der Waals surface area contributed by atoms with Gasteiger partial charge in [-0.3, -0.25) is 9.59 Å². The number of carbonyl (C=O) groups is 2. The van der Waals surface area contributed by atoms with Crippen LogP contribution in [0.4, 0.5) is 5.69 Å². The highest BCUT2D eigenvalue weighted by molar-refractivity contribution is 6.31. The summed E-state index contributed by atoms with van der Waals surface area (Å²) in [6.45, 7) is 2.54. The Morgan fingerprint density at radius 3 is 2.22 bits per heavy atom. The van der Waals surface area contributed by atoms with E-state index in [-0.39, 0.29) is 18.3 Å². The summed E-state index contributed by atoms with van der Waals surface area (Å²) in [6, 6.07) is 25.8. The van der Waals surface area contributed by atoms with Gasteiger partial charge in [0.1, 0.15) is 18.1 Å². The lowest BCUT2D eigenvalue weighted by Crippen LogP contribution is -2.16. The molecule has 4 rings (SSSR count). The van der Waals surface area contributed by atoms with Crippen LogP contribution in [0.2, 0.25) is 10.0 Å². The van der Waals surface area contributed by atoms with Crippen molar-refractivity contribution in [3.05, 3.63) is 123 Å². The molecule has 0 aromatic heterocycles. The van der Waals surface area contributed by atoms with Gasteiger partial charge in [0.25, 0.3) is 5.91 Å². The van der Waals surface area contributed by atoms with Gasteiger partial charge in [-0.2, -0.15) is 0 Å². The van der Waals surface area contributed by atoms with Gasteiger partial charge in [-0.15, -0.1) is 0 Å². The number of benzene rings is 4. The first-order chi connectivity index (χ1) is 17.4. The Kier molecular flexibility index (Phi) is 8.26. The van der Waals surface area contributed by atoms with Gasteiger partial charge in [0.15, 0.2) is 5.78 Å². The van der Waals surface area contributed by atoms with E-state index in [0.29, 0.717) is 56.1 Å². The van der Waals surface area contributed by atoms with Gasteiger partial charge in [0.05, 0.1) is 12.3 Å². The SMILES string of the molecule is CCOc1ccc(C(=O)Nc2ccc(Cl)cc2C(=O)c2ccccc2)cc1COc1ccc(Cl)cc1. The maximum absolute atomic E-state index is 13.2. The molecular weight excluding hydrogens is 497 g/mol. The maximum atomic E-state index is 13.2. The molecule has 0 spiro atoms. The third-order valence-electron chi connectivity index (χ3n) is 5.34. The van der Waals surface area contributed by atoms with Crippen LogP contribution in [0.3, 0.4) is 0 Å². The largest absolute Gasteiger partial charge is 0.493 e. The monoisotopic (exact) mass is 519 g/mol. The van der Waals surface area contributed by atoms with E-state index in [0.717, 1.165) is 0 Å². The Hall–Kier alpha value is -3.80. The van der Waals surface area contributed by atoms with Crippen LogP contribution in [0.1, 0.15) is 38.8 Å². The van der Waals surface area contributed by atoms with Crippen LogP contribution in [0.15, 0.2) is 91.0 Å². The molecule has 0 saturated carbocycles. The average molecular weight is 520 g/mol. The number of rotatable bonds is 9. The molecule has 36 heavy (non-hydrogen) atoms. The molecule has 0 aliphatic rings. The van der Waals surface area contributed by atoms with E-state index < -0.39 is 0 Å². The number of ether oxygens (including phenoxy) is 2. The van der Waals surface area contributed by atoms with Gasteiger partial charge >= 0.3 is 0 Å². The standard InChI is InChI=1S/C29H23Cl2NO4/c1-2-35-27-15-8-20(16-21(27)18-36-24-12-9-22(30)10-13-24)29(34)32-26-14-11-23(31)17-25(26)28(33)19-6-4-3-5-7-19/h3-17H,2,18H2,1H3,(H,32,34). The minimum atomic E-state index is -0.379. The van der Waals surface area contributed by atoms with Crippen LogP contribution < -0.4 is 14.8 Å². The molecule has 4 aromatic rings. The summed E-state index contributed by atoms with van der Waals surface area (Å²) < 4.78 is 11.6. The lowest BCUT2D eigenvalue weighted by molar-refractivity contribution is 0.102. The van der Waals surface area contributed by atoms with Crippen molar-refractivity contribution in [1.82, 2.24) is 0 Å². The molecule has 0 heterocycles. The fourth-order valence-corrected chi connectivity index (χ4v) is 3.87. The predicted octanol–water partition coefficient (Wildman–Crippen LogP) is 7.45. The zero-order valence-electron chi connectivity index (χ0n) is 19.5. The van der Waals surface area contributed by atoms with Crippen LogP contribution in [0, 0.1) is 0 Å². The first kappa shape index (κ1) is 25.3. The van der Waals surface area contributed by atoms with Crippen molar-refractivity contribution in [3.8, 4) is 11.5 Å². The molecule has 0 aliphatic carbocycles. The molecule has 7 heteroatoms. The molecule has 5 nitrogen and oxygen atoms in total. The van der Waals surface area contributed by atoms with Crippen LogP contribution in [-0.2, 0) is 6.61 Å². The number of hydrogen-bond acceptors (Lipinski definition) is 4. The predicted molar refractivity (Wildman–Crippen MR) is 143 cm³/mol. The van der Waals surface area contributed by atoms with Gasteiger partial charge in [-0.05, 0) is 67.6 Å². The van der Waals surface area contributed by atoms with E-state index in [4.69, 9.17) is 32.7 Å². The lowest BCUT2D eigenvalue weighted by Gasteiger charge is -2.15. The van der Waals surface area contributed by atoms with Crippen LogP contribution in [0.5, 0.6) is 11.5 Å². The zero-order valence-corrected chi connectivity index (χ0v) is 21.0. The van der Waals surface area contributed by atoms with Gasteiger partial charge in [0.2, 0.25) is 0 Å². The Morgan fingerprint density at radius 2 is 1.50 bits per heavy atom. The Morgan fingerprint density at radius 1 is 0.778 bits per heavy atom. The number of halogens is 2. The summed E-state index contributed by atoms with van der Waals surface area (Å²) in [5.41, 5.74) is 2.26. The molecule has 0 saturated heterocycles. The van der Waals surface area contributed by atoms with Gasteiger partial charge in [-0.1, -0.05) is 53.5 Å². The number of hydrogen-bond donors (Lipinski definition) is 1. The summed E-state index contributed by atoms with van der Waals surface area (Å²) >= 11 is 12.1. The highest BCUT2D eigenvalue weighted by Gasteiger charge is 2.18. The van der Waals surface area contributed by atoms with E-state index in [1.165, 1.54) is 0 Å². The summed E-state index contributed by atoms with van der Waals surface area (Å²) in [6.07, 6.45) is 0. The summed E-state index contributed by atoms with van der Waals surface area (Å²) in [4.78, 5) is 26.3. The molecule has 1 N–H and O–H groups in total. The minimum absolute atomic E-state index is 0.191. The third-order valence-corrected chi connectivity index (χ3v) is 5.83. The highest BCUT2D eigenvalue weighted by Crippen LogP contribution is 2.27. The van der Waals surface area contributed by atoms with Crippen LogP contribution in [0.25, 0.3) is 0 Å². The summed E-state index contributed by atoms with van der Waals surface area (Å²) in [7, 11) is 0. The van der Waals surface area contributed by atoms with E-state index >= 15 is 0 Å². The average Bonchev–Trinajstić information content (AvgIpc) is 2.90. The second-order valence-electron chi connectivity index (χ2n) is 7.84. The van der Waals surface area contributed by atoms with Gasteiger partial charge in [-0.25, -0.2) is 0 Å². The molecule has 0 aliphatic heterocycles. The Labute approximate surface area is 219 Å². The second-order valence-corrected chi connectivity index (χ2v) is 8.71. The fraction of sp³-hybridized carbons (Fsp3) is 0.103. The quantitative estimate of drug-likeness (QED) is 0.233. The highest BCUT2D eigenvalue weighted by atomic mass is 35.5. The van der Waals surface area contributed by atoms with Crippen molar-refractivity contribution in [2.24, 2.45) is 0 Å². The third kappa shape index (κ3) is 6.25. The molecule has 0 atom stereocenters. The molecule has 0 radical (unpaired) electrons. The van der Waals surface area contributed by atoms with Crippen molar-refractivity contribution >= 4 is 40.6 Å². The molecule has 0 fully saturated rings. The Balaban J connectivity index is 1.58. The van der Waals surface area contributed by atoms with Crippen molar-refractivity contribution < 1.29 is 19.1 Å². The van der Waals surface area contributed by atoms with Crippen LogP contribution in [-0.4, -0.2) is 18.3 Å². The molecule has 4 aromatic carbocycles. The number of nitrogens with one attached hydrogen (secondary N) is 1. The summed E-state index contributed by atoms with van der Waals surface area (Å²) in [5, 5.41) is 3.86. The number of carbonyl (C=O) groups excluding carboxylic acids is 2. The fourth-order valence-electron chi connectivity index (χ4n) is 3.57. The van der Waals surface area contributed by atoms with Crippen molar-refractivity contribution in [3.63, 3.8) is 0 Å². The topological polar surface area (TPSA) is 64.6 Å². The normalized spacial score (nSPS) is 10.5. The number of anilines is 1. The molecule has 182 valence electrons. The molecule has 1 amide bonds. The van der Waals surface area contributed by atoms with E-state index in [9.17, 15) is 9.59 Å². The first-order valence-corrected chi connectivity index (χ1v) is 12.0. The van der Waals surface area contributed by atoms with Gasteiger partial charge in [0, 0.05) is 32.3 Å². The van der Waals surface area contributed by atoms with Crippen LogP contribution >= 0.6 is 23.2 Å². The zero-order chi connectivity index (χ0) is 25.5. The molecule has 0 unspecified atom stereocenters. The van der Waals surface area contributed by atoms with E-state index in [1.54, 1.807) is 84.9 Å². The van der Waals surface area contributed by atoms with E-state index in [2.05, 4.69) is 5.32 Å². The second kappa shape index (κ2) is 11.8. The first-order valence-electron chi connectivity index (χ1n) is 11.3.